The van der Waals surface area contributed by atoms with E-state index < -0.39 is 0 Å². The molecule has 8 heavy (non-hydrogen) atoms. The molecule has 0 saturated carbocycles. The van der Waals surface area contributed by atoms with Crippen molar-refractivity contribution in [2.45, 2.75) is 11.7 Å². The SMILES string of the molecule is CNSC1CCOC1. The van der Waals surface area contributed by atoms with Crippen molar-refractivity contribution in [1.82, 2.24) is 4.72 Å². The third-order valence-corrected chi connectivity index (χ3v) is 2.11. The number of nitrogens with one attached hydrogen (secondary N) is 1. The zero-order valence-electron chi connectivity index (χ0n) is 5.02. The maximum absolute atomic E-state index is 5.15. The summed E-state index contributed by atoms with van der Waals surface area (Å²) in [7, 11) is 1.95. The van der Waals surface area contributed by atoms with Crippen LogP contribution in [0.3, 0.4) is 0 Å². The molecular weight excluding hydrogens is 122 g/mol. The smallest absolute Gasteiger partial charge is 0.0598 e. The van der Waals surface area contributed by atoms with Crippen LogP contribution in [0.1, 0.15) is 6.42 Å². The van der Waals surface area contributed by atoms with Crippen molar-refractivity contribution in [3.05, 3.63) is 0 Å². The van der Waals surface area contributed by atoms with Crippen LogP contribution in [0.4, 0.5) is 0 Å². The molecule has 0 radical (unpaired) electrons. The molecule has 3 heteroatoms. The van der Waals surface area contributed by atoms with Gasteiger partial charge in [-0.2, -0.15) is 0 Å². The van der Waals surface area contributed by atoms with Crippen LogP contribution >= 0.6 is 11.9 Å². The molecule has 1 fully saturated rings. The Bertz CT molecular complexity index is 63.4. The zero-order chi connectivity index (χ0) is 5.82. The van der Waals surface area contributed by atoms with Crippen molar-refractivity contribution in [2.75, 3.05) is 20.3 Å². The third kappa shape index (κ3) is 1.65. The summed E-state index contributed by atoms with van der Waals surface area (Å²) >= 11 is 1.76. The van der Waals surface area contributed by atoms with Gasteiger partial charge in [-0.05, 0) is 13.5 Å². The van der Waals surface area contributed by atoms with Crippen molar-refractivity contribution < 1.29 is 4.74 Å². The molecule has 1 unspecified atom stereocenters. The Morgan fingerprint density at radius 3 is 3.12 bits per heavy atom. The lowest BCUT2D eigenvalue weighted by Crippen LogP contribution is -2.07. The summed E-state index contributed by atoms with van der Waals surface area (Å²) in [6, 6.07) is 0. The van der Waals surface area contributed by atoms with Gasteiger partial charge in [-0.25, -0.2) is 0 Å². The van der Waals surface area contributed by atoms with E-state index in [1.807, 2.05) is 7.05 Å². The van der Waals surface area contributed by atoms with Crippen LogP contribution in [0.5, 0.6) is 0 Å². The molecule has 0 aromatic carbocycles. The second-order valence-corrected chi connectivity index (χ2v) is 3.12. The van der Waals surface area contributed by atoms with Gasteiger partial charge in [-0.1, -0.05) is 11.9 Å². The lowest BCUT2D eigenvalue weighted by molar-refractivity contribution is 0.199. The van der Waals surface area contributed by atoms with Gasteiger partial charge in [0.1, 0.15) is 0 Å². The first kappa shape index (κ1) is 6.39. The fraction of sp³-hybridized carbons (Fsp3) is 1.00. The molecule has 48 valence electrons. The van der Waals surface area contributed by atoms with E-state index in [2.05, 4.69) is 4.72 Å². The van der Waals surface area contributed by atoms with Crippen LogP contribution in [-0.2, 0) is 4.74 Å². The first-order valence-corrected chi connectivity index (χ1v) is 3.71. The lowest BCUT2D eigenvalue weighted by Gasteiger charge is -2.02. The number of rotatable bonds is 2. The Balaban J connectivity index is 2.06. The highest BCUT2D eigenvalue weighted by Crippen LogP contribution is 2.15. The molecule has 1 rings (SSSR count). The minimum absolute atomic E-state index is 0.694. The van der Waals surface area contributed by atoms with Crippen molar-refractivity contribution in [3.8, 4) is 0 Å². The highest BCUT2D eigenvalue weighted by atomic mass is 32.2. The average Bonchev–Trinajstić information content (AvgIpc) is 2.19. The normalized spacial score (nSPS) is 28.9. The highest BCUT2D eigenvalue weighted by molar-refractivity contribution is 7.98. The lowest BCUT2D eigenvalue weighted by atomic mass is 10.4. The second kappa shape index (κ2) is 3.33. The van der Waals surface area contributed by atoms with Gasteiger partial charge in [-0.3, -0.25) is 4.72 Å². The zero-order valence-corrected chi connectivity index (χ0v) is 5.83. The summed E-state index contributed by atoms with van der Waals surface area (Å²) < 4.78 is 8.20. The number of hydrogen-bond acceptors (Lipinski definition) is 3. The Hall–Kier alpha value is 0.270. The average molecular weight is 133 g/mol. The predicted molar refractivity (Wildman–Crippen MR) is 35.9 cm³/mol. The van der Waals surface area contributed by atoms with Crippen LogP contribution in [0.25, 0.3) is 0 Å². The van der Waals surface area contributed by atoms with Gasteiger partial charge >= 0.3 is 0 Å². The van der Waals surface area contributed by atoms with Gasteiger partial charge in [0, 0.05) is 11.9 Å². The monoisotopic (exact) mass is 133 g/mol. The van der Waals surface area contributed by atoms with E-state index in [0.717, 1.165) is 13.2 Å². The van der Waals surface area contributed by atoms with Gasteiger partial charge in [0.15, 0.2) is 0 Å². The van der Waals surface area contributed by atoms with Crippen LogP contribution in [0.15, 0.2) is 0 Å². The molecule has 1 aliphatic rings. The van der Waals surface area contributed by atoms with Crippen LogP contribution in [-0.4, -0.2) is 25.5 Å². The molecule has 1 heterocycles. The Labute approximate surface area is 54.1 Å². The molecule has 0 aromatic heterocycles. The summed E-state index contributed by atoms with van der Waals surface area (Å²) in [4.78, 5) is 0. The molecule has 1 atom stereocenters. The first-order chi connectivity index (χ1) is 3.93. The van der Waals surface area contributed by atoms with Gasteiger partial charge < -0.3 is 4.74 Å². The number of ether oxygens (including phenoxy) is 1. The summed E-state index contributed by atoms with van der Waals surface area (Å²) in [5.41, 5.74) is 0. The fourth-order valence-corrected chi connectivity index (χ4v) is 1.48. The van der Waals surface area contributed by atoms with Gasteiger partial charge in [-0.15, -0.1) is 0 Å². The third-order valence-electron chi connectivity index (χ3n) is 1.17. The van der Waals surface area contributed by atoms with Crippen LogP contribution in [0.2, 0.25) is 0 Å². The Morgan fingerprint density at radius 2 is 2.62 bits per heavy atom. The van der Waals surface area contributed by atoms with E-state index in [1.54, 1.807) is 11.9 Å². The Kier molecular flexibility index (Phi) is 2.66. The van der Waals surface area contributed by atoms with Gasteiger partial charge in [0.05, 0.1) is 6.61 Å². The van der Waals surface area contributed by atoms with Crippen molar-refractivity contribution in [1.29, 1.82) is 0 Å². The summed E-state index contributed by atoms with van der Waals surface area (Å²) in [5.74, 6) is 0. The number of hydrogen-bond donors (Lipinski definition) is 1. The van der Waals surface area contributed by atoms with E-state index in [1.165, 1.54) is 6.42 Å². The molecule has 0 spiro atoms. The fourth-order valence-electron chi connectivity index (χ4n) is 0.773. The van der Waals surface area contributed by atoms with Gasteiger partial charge in [0.2, 0.25) is 0 Å². The molecule has 1 saturated heterocycles. The highest BCUT2D eigenvalue weighted by Gasteiger charge is 2.14. The predicted octanol–water partition coefficient (Wildman–Crippen LogP) is 0.643. The van der Waals surface area contributed by atoms with Crippen LogP contribution in [0, 0.1) is 0 Å². The molecule has 0 amide bonds. The molecule has 0 bridgehead atoms. The summed E-state index contributed by atoms with van der Waals surface area (Å²) in [5, 5.41) is 0.694. The maximum atomic E-state index is 5.15. The van der Waals surface area contributed by atoms with Crippen molar-refractivity contribution in [3.63, 3.8) is 0 Å². The Morgan fingerprint density at radius 1 is 1.75 bits per heavy atom. The van der Waals surface area contributed by atoms with Crippen molar-refractivity contribution in [2.24, 2.45) is 0 Å². The minimum atomic E-state index is 0.694. The van der Waals surface area contributed by atoms with E-state index in [0.29, 0.717) is 5.25 Å². The first-order valence-electron chi connectivity index (χ1n) is 2.83. The topological polar surface area (TPSA) is 21.3 Å². The molecule has 1 aliphatic heterocycles. The van der Waals surface area contributed by atoms with Crippen LogP contribution < -0.4 is 4.72 Å². The van der Waals surface area contributed by atoms with E-state index in [4.69, 9.17) is 4.74 Å². The van der Waals surface area contributed by atoms with Gasteiger partial charge in [0.25, 0.3) is 0 Å². The summed E-state index contributed by atoms with van der Waals surface area (Å²) in [6.07, 6.45) is 1.20. The quantitative estimate of drug-likeness (QED) is 0.559. The molecule has 0 aliphatic carbocycles. The summed E-state index contributed by atoms with van der Waals surface area (Å²) in [6.45, 7) is 1.87. The van der Waals surface area contributed by atoms with E-state index in [-0.39, 0.29) is 0 Å². The van der Waals surface area contributed by atoms with E-state index >= 15 is 0 Å². The largest absolute Gasteiger partial charge is 0.380 e. The molecule has 2 nitrogen and oxygen atoms in total. The molecule has 0 aromatic rings. The minimum Gasteiger partial charge on any atom is -0.380 e. The second-order valence-electron chi connectivity index (χ2n) is 1.81. The molecule has 1 N–H and O–H groups in total. The standard InChI is InChI=1S/C5H11NOS/c1-6-8-5-2-3-7-4-5/h5-6H,2-4H2,1H3. The van der Waals surface area contributed by atoms with Crippen molar-refractivity contribution >= 4 is 11.9 Å². The maximum Gasteiger partial charge on any atom is 0.0598 e. The molecular formula is C5H11NOS. The van der Waals surface area contributed by atoms with E-state index in [9.17, 15) is 0 Å².